The largest absolute Gasteiger partial charge is 0.393 e. The molecule has 2 nitrogen and oxygen atoms in total. The molecule has 4 saturated carbocycles. The van der Waals surface area contributed by atoms with Gasteiger partial charge in [-0.2, -0.15) is 0 Å². The SMILES string of the molecule is CC1(C)CCC[C@@]2(C)[C@H]1C[C@H](O)[C@H]1C[C@@H](O)[C@]3(C)CC[C@]12C3. The summed E-state index contributed by atoms with van der Waals surface area (Å²) < 4.78 is 0. The summed E-state index contributed by atoms with van der Waals surface area (Å²) in [7, 11) is 0. The molecule has 0 aromatic rings. The third-order valence-electron chi connectivity index (χ3n) is 9.16. The van der Waals surface area contributed by atoms with Crippen molar-refractivity contribution < 1.29 is 10.2 Å². The normalized spacial score (nSPS) is 59.7. The standard InChI is InChI=1S/C20H34O2/c1-17(2)6-5-7-19(4)15(17)11-14(21)13-10-16(22)18(3)8-9-20(13,19)12-18/h13-16,21-22H,5-12H2,1-4H3/t13-,14+,15+,16-,18-,19+,20+/m1/s1. The molecule has 0 aromatic carbocycles. The second kappa shape index (κ2) is 4.30. The number of hydrogen-bond donors (Lipinski definition) is 2. The lowest BCUT2D eigenvalue weighted by Crippen LogP contribution is -2.64. The van der Waals surface area contributed by atoms with Gasteiger partial charge in [-0.15, -0.1) is 0 Å². The molecular weight excluding hydrogens is 272 g/mol. The van der Waals surface area contributed by atoms with Crippen molar-refractivity contribution in [3.05, 3.63) is 0 Å². The van der Waals surface area contributed by atoms with Crippen LogP contribution in [0.4, 0.5) is 0 Å². The minimum Gasteiger partial charge on any atom is -0.393 e. The van der Waals surface area contributed by atoms with E-state index >= 15 is 0 Å². The van der Waals surface area contributed by atoms with Gasteiger partial charge in [0.1, 0.15) is 0 Å². The van der Waals surface area contributed by atoms with Crippen molar-refractivity contribution in [2.24, 2.45) is 33.5 Å². The van der Waals surface area contributed by atoms with Crippen LogP contribution in [0.5, 0.6) is 0 Å². The Kier molecular flexibility index (Phi) is 3.02. The van der Waals surface area contributed by atoms with Gasteiger partial charge in [0.2, 0.25) is 0 Å². The van der Waals surface area contributed by atoms with E-state index in [1.165, 1.54) is 25.7 Å². The molecule has 22 heavy (non-hydrogen) atoms. The van der Waals surface area contributed by atoms with Crippen molar-refractivity contribution >= 4 is 0 Å². The van der Waals surface area contributed by atoms with Gasteiger partial charge in [-0.3, -0.25) is 0 Å². The van der Waals surface area contributed by atoms with Gasteiger partial charge in [-0.05, 0) is 78.4 Å². The lowest BCUT2D eigenvalue weighted by atomic mass is 9.38. The third-order valence-corrected chi connectivity index (χ3v) is 9.16. The second-order valence-electron chi connectivity index (χ2n) is 10.5. The van der Waals surface area contributed by atoms with E-state index in [9.17, 15) is 10.2 Å². The first-order valence-electron chi connectivity index (χ1n) is 9.51. The number of aliphatic hydroxyl groups excluding tert-OH is 2. The first kappa shape index (κ1) is 15.4. The van der Waals surface area contributed by atoms with Crippen LogP contribution in [0.3, 0.4) is 0 Å². The summed E-state index contributed by atoms with van der Waals surface area (Å²) in [5, 5.41) is 21.7. The van der Waals surface area contributed by atoms with Crippen molar-refractivity contribution in [3.8, 4) is 0 Å². The maximum atomic E-state index is 11.0. The van der Waals surface area contributed by atoms with Crippen LogP contribution < -0.4 is 0 Å². The highest BCUT2D eigenvalue weighted by Crippen LogP contribution is 2.76. The molecule has 2 heteroatoms. The van der Waals surface area contributed by atoms with E-state index in [-0.39, 0.29) is 23.0 Å². The average molecular weight is 306 g/mol. The summed E-state index contributed by atoms with van der Waals surface area (Å²) in [6, 6.07) is 0. The zero-order valence-electron chi connectivity index (χ0n) is 14.9. The Hall–Kier alpha value is -0.0800. The van der Waals surface area contributed by atoms with Crippen molar-refractivity contribution in [3.63, 3.8) is 0 Å². The van der Waals surface area contributed by atoms with Gasteiger partial charge < -0.3 is 10.2 Å². The van der Waals surface area contributed by atoms with Crippen molar-refractivity contribution in [1.29, 1.82) is 0 Å². The van der Waals surface area contributed by atoms with Gasteiger partial charge in [0, 0.05) is 0 Å². The third kappa shape index (κ3) is 1.64. The highest BCUT2D eigenvalue weighted by Gasteiger charge is 2.70. The van der Waals surface area contributed by atoms with Gasteiger partial charge >= 0.3 is 0 Å². The van der Waals surface area contributed by atoms with Gasteiger partial charge in [0.05, 0.1) is 12.2 Å². The van der Waals surface area contributed by atoms with E-state index in [1.54, 1.807) is 0 Å². The Morgan fingerprint density at radius 1 is 0.864 bits per heavy atom. The van der Waals surface area contributed by atoms with E-state index in [1.807, 2.05) is 0 Å². The molecule has 7 atom stereocenters. The van der Waals surface area contributed by atoms with Crippen LogP contribution in [0.25, 0.3) is 0 Å². The Morgan fingerprint density at radius 2 is 1.59 bits per heavy atom. The molecule has 2 N–H and O–H groups in total. The van der Waals surface area contributed by atoms with Gasteiger partial charge in [-0.25, -0.2) is 0 Å². The second-order valence-corrected chi connectivity index (χ2v) is 10.5. The molecule has 0 amide bonds. The van der Waals surface area contributed by atoms with Crippen LogP contribution in [0.1, 0.15) is 79.1 Å². The van der Waals surface area contributed by atoms with Crippen LogP contribution >= 0.6 is 0 Å². The molecule has 0 saturated heterocycles. The summed E-state index contributed by atoms with van der Waals surface area (Å²) in [6.45, 7) is 9.73. The van der Waals surface area contributed by atoms with Crippen LogP contribution in [-0.2, 0) is 0 Å². The van der Waals surface area contributed by atoms with Crippen LogP contribution in [-0.4, -0.2) is 22.4 Å². The van der Waals surface area contributed by atoms with Crippen LogP contribution in [0.2, 0.25) is 0 Å². The molecule has 4 rings (SSSR count). The molecule has 0 heterocycles. The van der Waals surface area contributed by atoms with Gasteiger partial charge in [0.15, 0.2) is 0 Å². The quantitative estimate of drug-likeness (QED) is 0.706. The fourth-order valence-electron chi connectivity index (χ4n) is 7.90. The zero-order chi connectivity index (χ0) is 16.0. The Bertz CT molecular complexity index is 486. The predicted octanol–water partition coefficient (Wildman–Crippen LogP) is 4.14. The zero-order valence-corrected chi connectivity index (χ0v) is 14.9. The van der Waals surface area contributed by atoms with Crippen LogP contribution in [0.15, 0.2) is 0 Å². The monoisotopic (exact) mass is 306 g/mol. The van der Waals surface area contributed by atoms with Crippen molar-refractivity contribution in [1.82, 2.24) is 0 Å². The predicted molar refractivity (Wildman–Crippen MR) is 88.4 cm³/mol. The Labute approximate surface area is 135 Å². The summed E-state index contributed by atoms with van der Waals surface area (Å²) in [4.78, 5) is 0. The lowest BCUT2D eigenvalue weighted by Gasteiger charge is -2.68. The first-order chi connectivity index (χ1) is 10.1. The molecule has 0 unspecified atom stereocenters. The average Bonchev–Trinajstić information content (AvgIpc) is 2.74. The maximum Gasteiger partial charge on any atom is 0.0597 e. The number of fused-ring (bicyclic) bond motifs is 2. The van der Waals surface area contributed by atoms with Crippen molar-refractivity contribution in [2.75, 3.05) is 0 Å². The molecule has 2 bridgehead atoms. The first-order valence-corrected chi connectivity index (χ1v) is 9.51. The summed E-state index contributed by atoms with van der Waals surface area (Å²) in [5.41, 5.74) is 1.09. The highest BCUT2D eigenvalue weighted by molar-refractivity contribution is 5.19. The topological polar surface area (TPSA) is 40.5 Å². The fourth-order valence-corrected chi connectivity index (χ4v) is 7.90. The summed E-state index contributed by atoms with van der Waals surface area (Å²) in [6.07, 6.45) is 8.88. The number of aliphatic hydroxyl groups is 2. The Morgan fingerprint density at radius 3 is 2.32 bits per heavy atom. The summed E-state index contributed by atoms with van der Waals surface area (Å²) in [5.74, 6) is 0.964. The van der Waals surface area contributed by atoms with Gasteiger partial charge in [0.25, 0.3) is 0 Å². The van der Waals surface area contributed by atoms with E-state index < -0.39 is 0 Å². The Balaban J connectivity index is 1.83. The van der Waals surface area contributed by atoms with E-state index in [2.05, 4.69) is 27.7 Å². The molecule has 0 aliphatic heterocycles. The molecule has 0 aromatic heterocycles. The van der Waals surface area contributed by atoms with E-state index in [0.717, 1.165) is 25.7 Å². The molecule has 4 aliphatic carbocycles. The minimum absolute atomic E-state index is 0.0999. The summed E-state index contributed by atoms with van der Waals surface area (Å²) >= 11 is 0. The van der Waals surface area contributed by atoms with Crippen LogP contribution in [0, 0.1) is 33.5 Å². The van der Waals surface area contributed by atoms with Gasteiger partial charge in [-0.1, -0.05) is 34.1 Å². The maximum absolute atomic E-state index is 11.0. The highest BCUT2D eigenvalue weighted by atomic mass is 16.3. The molecular formula is C20H34O2. The van der Waals surface area contributed by atoms with Crippen molar-refractivity contribution in [2.45, 2.75) is 91.3 Å². The van der Waals surface area contributed by atoms with E-state index in [4.69, 9.17) is 0 Å². The number of hydrogen-bond acceptors (Lipinski definition) is 2. The molecule has 126 valence electrons. The molecule has 4 fully saturated rings. The molecule has 0 radical (unpaired) electrons. The molecule has 4 aliphatic rings. The lowest BCUT2D eigenvalue weighted by molar-refractivity contribution is -0.224. The number of rotatable bonds is 0. The minimum atomic E-state index is -0.209. The fraction of sp³-hybridized carbons (Fsp3) is 1.00. The van der Waals surface area contributed by atoms with E-state index in [0.29, 0.717) is 22.7 Å². The molecule has 1 spiro atoms. The smallest absolute Gasteiger partial charge is 0.0597 e.